The number of carbonyl (C=O) groups is 2. The van der Waals surface area contributed by atoms with E-state index in [0.717, 1.165) is 29.9 Å². The number of anilines is 2. The Morgan fingerprint density at radius 1 is 1.19 bits per heavy atom. The molecule has 2 heterocycles. The average molecular weight is 367 g/mol. The highest BCUT2D eigenvalue weighted by molar-refractivity contribution is 5.90. The number of carbonyl (C=O) groups excluding carboxylic acids is 2. The number of nitrogens with one attached hydrogen (secondary N) is 2. The maximum atomic E-state index is 12.5. The molecule has 7 nitrogen and oxygen atoms in total. The van der Waals surface area contributed by atoms with E-state index in [0.29, 0.717) is 5.82 Å². The van der Waals surface area contributed by atoms with Gasteiger partial charge in [-0.05, 0) is 43.0 Å². The highest BCUT2D eigenvalue weighted by Crippen LogP contribution is 2.22. The second-order valence-electron chi connectivity index (χ2n) is 6.77. The Labute approximate surface area is 159 Å². The van der Waals surface area contributed by atoms with Crippen molar-refractivity contribution in [2.24, 2.45) is 5.73 Å². The number of pyridine rings is 1. The standard InChI is InChI=1S/C20H25N5O2/c1-14-6-2-3-7-16(14)17(23-20(21)27)12-19(26)24-18-9-8-15(13-22-18)25-10-4-5-11-25/h2-3,6-9,13,17H,4-5,10-12H2,1H3,(H3,21,23,27)(H,22,24,26). The number of amides is 3. The van der Waals surface area contributed by atoms with E-state index >= 15 is 0 Å². The van der Waals surface area contributed by atoms with E-state index in [9.17, 15) is 9.59 Å². The number of nitrogens with two attached hydrogens (primary N) is 1. The summed E-state index contributed by atoms with van der Waals surface area (Å²) in [5.41, 5.74) is 8.20. The summed E-state index contributed by atoms with van der Waals surface area (Å²) >= 11 is 0. The molecular formula is C20H25N5O2. The second-order valence-corrected chi connectivity index (χ2v) is 6.77. The first kappa shape index (κ1) is 18.7. The van der Waals surface area contributed by atoms with Crippen LogP contribution < -0.4 is 21.3 Å². The molecule has 4 N–H and O–H groups in total. The fraction of sp³-hybridized carbons (Fsp3) is 0.350. The summed E-state index contributed by atoms with van der Waals surface area (Å²) < 4.78 is 0. The van der Waals surface area contributed by atoms with Gasteiger partial charge < -0.3 is 21.3 Å². The van der Waals surface area contributed by atoms with Gasteiger partial charge in [-0.3, -0.25) is 4.79 Å². The van der Waals surface area contributed by atoms with Crippen LogP contribution >= 0.6 is 0 Å². The molecule has 0 spiro atoms. The Bertz CT molecular complexity index is 800. The number of primary amides is 1. The number of urea groups is 1. The van der Waals surface area contributed by atoms with Crippen LogP contribution in [0.1, 0.15) is 36.4 Å². The van der Waals surface area contributed by atoms with Crippen molar-refractivity contribution in [3.05, 3.63) is 53.7 Å². The highest BCUT2D eigenvalue weighted by atomic mass is 16.2. The van der Waals surface area contributed by atoms with Crippen LogP contribution in [0.5, 0.6) is 0 Å². The van der Waals surface area contributed by atoms with Gasteiger partial charge in [-0.2, -0.15) is 0 Å². The third kappa shape index (κ3) is 4.97. The summed E-state index contributed by atoms with van der Waals surface area (Å²) in [6.07, 6.45) is 4.25. The molecule has 3 amide bonds. The number of hydrogen-bond acceptors (Lipinski definition) is 4. The van der Waals surface area contributed by atoms with Crippen LogP contribution in [-0.4, -0.2) is 30.0 Å². The minimum atomic E-state index is -0.663. The first-order chi connectivity index (χ1) is 13.0. The SMILES string of the molecule is Cc1ccccc1C(CC(=O)Nc1ccc(N2CCCC2)cn1)NC(N)=O. The monoisotopic (exact) mass is 367 g/mol. The van der Waals surface area contributed by atoms with Crippen molar-refractivity contribution in [3.63, 3.8) is 0 Å². The van der Waals surface area contributed by atoms with E-state index in [-0.39, 0.29) is 12.3 Å². The zero-order valence-corrected chi connectivity index (χ0v) is 15.4. The second kappa shape index (κ2) is 8.53. The third-order valence-corrected chi connectivity index (χ3v) is 4.76. The maximum Gasteiger partial charge on any atom is 0.312 e. The molecule has 0 aliphatic carbocycles. The molecule has 0 radical (unpaired) electrons. The topological polar surface area (TPSA) is 100 Å². The molecule has 1 unspecified atom stereocenters. The molecule has 1 aliphatic rings. The van der Waals surface area contributed by atoms with E-state index in [4.69, 9.17) is 5.73 Å². The Balaban J connectivity index is 1.65. The molecule has 1 aliphatic heterocycles. The lowest BCUT2D eigenvalue weighted by molar-refractivity contribution is -0.116. The predicted octanol–water partition coefficient (Wildman–Crippen LogP) is 2.73. The lowest BCUT2D eigenvalue weighted by Crippen LogP contribution is -2.35. The minimum Gasteiger partial charge on any atom is -0.370 e. The molecule has 1 saturated heterocycles. The highest BCUT2D eigenvalue weighted by Gasteiger charge is 2.19. The van der Waals surface area contributed by atoms with E-state index in [1.807, 2.05) is 37.3 Å². The molecule has 0 bridgehead atoms. The third-order valence-electron chi connectivity index (χ3n) is 4.76. The number of benzene rings is 1. The van der Waals surface area contributed by atoms with Crippen LogP contribution in [0.3, 0.4) is 0 Å². The predicted molar refractivity (Wildman–Crippen MR) is 106 cm³/mol. The fourth-order valence-corrected chi connectivity index (χ4v) is 3.39. The number of nitrogens with zero attached hydrogens (tertiary/aromatic N) is 2. The van der Waals surface area contributed by atoms with Gasteiger partial charge in [0.15, 0.2) is 0 Å². The Hall–Kier alpha value is -3.09. The first-order valence-corrected chi connectivity index (χ1v) is 9.15. The van der Waals surface area contributed by atoms with E-state index in [1.165, 1.54) is 12.8 Å². The van der Waals surface area contributed by atoms with Crippen LogP contribution in [0.15, 0.2) is 42.6 Å². The van der Waals surface area contributed by atoms with Gasteiger partial charge in [-0.25, -0.2) is 9.78 Å². The normalized spacial score (nSPS) is 14.6. The van der Waals surface area contributed by atoms with Gasteiger partial charge in [0.1, 0.15) is 5.82 Å². The average Bonchev–Trinajstić information content (AvgIpc) is 3.16. The zero-order chi connectivity index (χ0) is 19.2. The van der Waals surface area contributed by atoms with Gasteiger partial charge >= 0.3 is 6.03 Å². The Kier molecular flexibility index (Phi) is 5.90. The maximum absolute atomic E-state index is 12.5. The lowest BCUT2D eigenvalue weighted by Gasteiger charge is -2.20. The van der Waals surface area contributed by atoms with Gasteiger partial charge in [-0.15, -0.1) is 0 Å². The summed E-state index contributed by atoms with van der Waals surface area (Å²) in [5, 5.41) is 5.44. The number of aryl methyl sites for hydroxylation is 1. The van der Waals surface area contributed by atoms with E-state index in [1.54, 1.807) is 12.3 Å². The van der Waals surface area contributed by atoms with Crippen molar-refractivity contribution in [3.8, 4) is 0 Å². The van der Waals surface area contributed by atoms with Crippen molar-refractivity contribution < 1.29 is 9.59 Å². The van der Waals surface area contributed by atoms with Crippen molar-refractivity contribution in [2.45, 2.75) is 32.2 Å². The number of rotatable bonds is 6. The molecule has 3 rings (SSSR count). The largest absolute Gasteiger partial charge is 0.370 e. The molecule has 1 aromatic heterocycles. The molecule has 142 valence electrons. The van der Waals surface area contributed by atoms with Crippen LogP contribution in [-0.2, 0) is 4.79 Å². The molecule has 27 heavy (non-hydrogen) atoms. The van der Waals surface area contributed by atoms with Gasteiger partial charge in [0.2, 0.25) is 5.91 Å². The first-order valence-electron chi connectivity index (χ1n) is 9.15. The molecule has 1 fully saturated rings. The molecule has 2 aromatic rings. The van der Waals surface area contributed by atoms with Crippen LogP contribution in [0.2, 0.25) is 0 Å². The van der Waals surface area contributed by atoms with Gasteiger partial charge in [0, 0.05) is 13.1 Å². The number of hydrogen-bond donors (Lipinski definition) is 3. The summed E-state index contributed by atoms with van der Waals surface area (Å²) in [6.45, 7) is 4.02. The fourth-order valence-electron chi connectivity index (χ4n) is 3.39. The molecular weight excluding hydrogens is 342 g/mol. The molecule has 1 atom stereocenters. The Morgan fingerprint density at radius 2 is 1.93 bits per heavy atom. The molecule has 0 saturated carbocycles. The molecule has 1 aromatic carbocycles. The quantitative estimate of drug-likeness (QED) is 0.731. The smallest absolute Gasteiger partial charge is 0.312 e. The van der Waals surface area contributed by atoms with E-state index < -0.39 is 12.1 Å². The van der Waals surface area contributed by atoms with E-state index in [2.05, 4.69) is 20.5 Å². The van der Waals surface area contributed by atoms with Gasteiger partial charge in [0.25, 0.3) is 0 Å². The lowest BCUT2D eigenvalue weighted by atomic mass is 9.98. The minimum absolute atomic E-state index is 0.0728. The Morgan fingerprint density at radius 3 is 2.56 bits per heavy atom. The van der Waals surface area contributed by atoms with Crippen molar-refractivity contribution in [1.82, 2.24) is 10.3 Å². The van der Waals surface area contributed by atoms with Crippen LogP contribution in [0.4, 0.5) is 16.3 Å². The summed E-state index contributed by atoms with van der Waals surface area (Å²) in [7, 11) is 0. The zero-order valence-electron chi connectivity index (χ0n) is 15.4. The van der Waals surface area contributed by atoms with Crippen molar-refractivity contribution >= 4 is 23.4 Å². The number of aromatic nitrogens is 1. The van der Waals surface area contributed by atoms with Crippen molar-refractivity contribution in [2.75, 3.05) is 23.3 Å². The summed E-state index contributed by atoms with van der Waals surface area (Å²) in [5.74, 6) is 0.254. The van der Waals surface area contributed by atoms with Crippen LogP contribution in [0, 0.1) is 6.92 Å². The van der Waals surface area contributed by atoms with Crippen molar-refractivity contribution in [1.29, 1.82) is 0 Å². The van der Waals surface area contributed by atoms with Gasteiger partial charge in [0.05, 0.1) is 24.3 Å². The van der Waals surface area contributed by atoms with Crippen LogP contribution in [0.25, 0.3) is 0 Å². The molecule has 7 heteroatoms. The van der Waals surface area contributed by atoms with Gasteiger partial charge in [-0.1, -0.05) is 24.3 Å². The summed E-state index contributed by atoms with van der Waals surface area (Å²) in [4.78, 5) is 30.5. The summed E-state index contributed by atoms with van der Waals surface area (Å²) in [6, 6.07) is 10.2.